The van der Waals surface area contributed by atoms with Gasteiger partial charge >= 0.3 is 0 Å². The second kappa shape index (κ2) is 5.85. The third kappa shape index (κ3) is 3.23. The average molecular weight is 282 g/mol. The zero-order valence-electron chi connectivity index (χ0n) is 10.6. The molecule has 0 spiro atoms. The van der Waals surface area contributed by atoms with Crippen LogP contribution in [0.4, 0.5) is 0 Å². The number of benzene rings is 1. The van der Waals surface area contributed by atoms with Gasteiger partial charge < -0.3 is 5.32 Å². The van der Waals surface area contributed by atoms with Gasteiger partial charge in [0.25, 0.3) is 0 Å². The SMILES string of the molecule is Clc1ccc(C(NC2CCCSC2)C2CC2)cc1. The number of rotatable bonds is 4. The second-order valence-corrected chi connectivity index (χ2v) is 7.03. The first-order valence-electron chi connectivity index (χ1n) is 6.92. The van der Waals surface area contributed by atoms with Gasteiger partial charge in [-0.2, -0.15) is 11.8 Å². The van der Waals surface area contributed by atoms with Crippen LogP contribution >= 0.6 is 23.4 Å². The molecule has 98 valence electrons. The first-order valence-corrected chi connectivity index (χ1v) is 8.45. The first kappa shape index (κ1) is 12.8. The average Bonchev–Trinajstić information content (AvgIpc) is 3.23. The molecule has 2 aliphatic rings. The summed E-state index contributed by atoms with van der Waals surface area (Å²) >= 11 is 8.07. The Morgan fingerprint density at radius 1 is 1.17 bits per heavy atom. The molecule has 0 radical (unpaired) electrons. The van der Waals surface area contributed by atoms with E-state index < -0.39 is 0 Å². The number of thioether (sulfide) groups is 1. The maximum atomic E-state index is 5.98. The van der Waals surface area contributed by atoms with Crippen molar-refractivity contribution in [1.82, 2.24) is 5.32 Å². The summed E-state index contributed by atoms with van der Waals surface area (Å²) < 4.78 is 0. The van der Waals surface area contributed by atoms with E-state index in [1.807, 2.05) is 12.1 Å². The van der Waals surface area contributed by atoms with E-state index >= 15 is 0 Å². The molecule has 1 saturated heterocycles. The summed E-state index contributed by atoms with van der Waals surface area (Å²) in [5.74, 6) is 3.46. The molecule has 2 fully saturated rings. The Balaban J connectivity index is 1.69. The highest BCUT2D eigenvalue weighted by Crippen LogP contribution is 2.42. The summed E-state index contributed by atoms with van der Waals surface area (Å²) in [6, 6.07) is 9.66. The highest BCUT2D eigenvalue weighted by atomic mass is 35.5. The number of halogens is 1. The molecule has 3 heteroatoms. The quantitative estimate of drug-likeness (QED) is 0.884. The fourth-order valence-corrected chi connectivity index (χ4v) is 3.94. The molecule has 1 saturated carbocycles. The molecule has 18 heavy (non-hydrogen) atoms. The van der Waals surface area contributed by atoms with Crippen LogP contribution in [0.15, 0.2) is 24.3 Å². The Morgan fingerprint density at radius 3 is 2.56 bits per heavy atom. The summed E-state index contributed by atoms with van der Waals surface area (Å²) in [4.78, 5) is 0. The number of nitrogens with one attached hydrogen (secondary N) is 1. The number of hydrogen-bond donors (Lipinski definition) is 1. The molecule has 0 amide bonds. The second-order valence-electron chi connectivity index (χ2n) is 5.45. The van der Waals surface area contributed by atoms with Crippen LogP contribution in [0.3, 0.4) is 0 Å². The van der Waals surface area contributed by atoms with Gasteiger partial charge in [-0.15, -0.1) is 0 Å². The van der Waals surface area contributed by atoms with Gasteiger partial charge in [-0.1, -0.05) is 23.7 Å². The van der Waals surface area contributed by atoms with Crippen molar-refractivity contribution in [2.45, 2.75) is 37.8 Å². The first-order chi connectivity index (χ1) is 8.83. The fraction of sp³-hybridized carbons (Fsp3) is 0.600. The van der Waals surface area contributed by atoms with Gasteiger partial charge in [-0.25, -0.2) is 0 Å². The van der Waals surface area contributed by atoms with E-state index in [2.05, 4.69) is 29.2 Å². The molecule has 1 aliphatic heterocycles. The topological polar surface area (TPSA) is 12.0 Å². The Morgan fingerprint density at radius 2 is 1.94 bits per heavy atom. The van der Waals surface area contributed by atoms with Crippen molar-refractivity contribution in [3.8, 4) is 0 Å². The van der Waals surface area contributed by atoms with E-state index in [0.29, 0.717) is 12.1 Å². The molecule has 2 atom stereocenters. The third-order valence-electron chi connectivity index (χ3n) is 3.90. The minimum absolute atomic E-state index is 0.547. The van der Waals surface area contributed by atoms with Gasteiger partial charge in [0, 0.05) is 22.9 Å². The van der Waals surface area contributed by atoms with Gasteiger partial charge in [-0.3, -0.25) is 0 Å². The lowest BCUT2D eigenvalue weighted by molar-refractivity contribution is 0.402. The number of hydrogen-bond acceptors (Lipinski definition) is 2. The van der Waals surface area contributed by atoms with Crippen LogP contribution < -0.4 is 5.32 Å². The lowest BCUT2D eigenvalue weighted by Crippen LogP contribution is -2.37. The molecule has 3 rings (SSSR count). The molecule has 1 aliphatic carbocycles. The summed E-state index contributed by atoms with van der Waals surface area (Å²) in [5, 5.41) is 4.72. The summed E-state index contributed by atoms with van der Waals surface area (Å²) in [6.45, 7) is 0. The highest BCUT2D eigenvalue weighted by Gasteiger charge is 2.33. The minimum atomic E-state index is 0.547. The molecule has 1 nitrogen and oxygen atoms in total. The summed E-state index contributed by atoms with van der Waals surface area (Å²) in [6.07, 6.45) is 5.45. The normalized spacial score (nSPS) is 25.9. The lowest BCUT2D eigenvalue weighted by Gasteiger charge is -2.28. The van der Waals surface area contributed by atoms with E-state index in [9.17, 15) is 0 Å². The molecule has 1 aromatic rings. The molecular weight excluding hydrogens is 262 g/mol. The largest absolute Gasteiger partial charge is 0.306 e. The highest BCUT2D eigenvalue weighted by molar-refractivity contribution is 7.99. The Hall–Kier alpha value is -0.180. The Kier molecular flexibility index (Phi) is 4.17. The van der Waals surface area contributed by atoms with Gasteiger partial charge in [0.2, 0.25) is 0 Å². The molecule has 1 aromatic carbocycles. The van der Waals surface area contributed by atoms with Gasteiger partial charge in [0.1, 0.15) is 0 Å². The van der Waals surface area contributed by atoms with Crippen molar-refractivity contribution in [3.05, 3.63) is 34.9 Å². The van der Waals surface area contributed by atoms with Crippen LogP contribution in [0.25, 0.3) is 0 Å². The Bertz CT molecular complexity index is 382. The molecule has 0 bridgehead atoms. The smallest absolute Gasteiger partial charge is 0.0406 e. The maximum absolute atomic E-state index is 5.98. The van der Waals surface area contributed by atoms with Crippen molar-refractivity contribution in [1.29, 1.82) is 0 Å². The van der Waals surface area contributed by atoms with Crippen molar-refractivity contribution in [3.63, 3.8) is 0 Å². The van der Waals surface area contributed by atoms with Crippen molar-refractivity contribution in [2.24, 2.45) is 5.92 Å². The van der Waals surface area contributed by atoms with Crippen LogP contribution in [-0.4, -0.2) is 17.5 Å². The zero-order chi connectivity index (χ0) is 12.4. The summed E-state index contributed by atoms with van der Waals surface area (Å²) in [7, 11) is 0. The lowest BCUT2D eigenvalue weighted by atomic mass is 10.0. The minimum Gasteiger partial charge on any atom is -0.306 e. The Labute approximate surface area is 119 Å². The van der Waals surface area contributed by atoms with Gasteiger partial charge in [0.15, 0.2) is 0 Å². The van der Waals surface area contributed by atoms with Crippen molar-refractivity contribution < 1.29 is 0 Å². The van der Waals surface area contributed by atoms with E-state index in [-0.39, 0.29) is 0 Å². The molecule has 2 unspecified atom stereocenters. The van der Waals surface area contributed by atoms with Crippen molar-refractivity contribution >= 4 is 23.4 Å². The van der Waals surface area contributed by atoms with Crippen LogP contribution in [0.5, 0.6) is 0 Å². The molecule has 0 aromatic heterocycles. The van der Waals surface area contributed by atoms with E-state index in [1.54, 1.807) is 0 Å². The maximum Gasteiger partial charge on any atom is 0.0406 e. The van der Waals surface area contributed by atoms with Gasteiger partial charge in [-0.05, 0) is 55.1 Å². The van der Waals surface area contributed by atoms with E-state index in [1.165, 1.54) is 42.8 Å². The fourth-order valence-electron chi connectivity index (χ4n) is 2.73. The van der Waals surface area contributed by atoms with Crippen LogP contribution in [-0.2, 0) is 0 Å². The third-order valence-corrected chi connectivity index (χ3v) is 5.37. The predicted octanol–water partition coefficient (Wildman–Crippen LogP) is 4.28. The molecule has 1 N–H and O–H groups in total. The monoisotopic (exact) mass is 281 g/mol. The van der Waals surface area contributed by atoms with E-state index in [4.69, 9.17) is 11.6 Å². The standard InChI is InChI=1S/C15H20ClNS/c16-13-7-5-12(6-8-13)15(11-3-4-11)17-14-2-1-9-18-10-14/h5-8,11,14-15,17H,1-4,9-10H2. The predicted molar refractivity (Wildman–Crippen MR) is 80.4 cm³/mol. The van der Waals surface area contributed by atoms with Crippen molar-refractivity contribution in [2.75, 3.05) is 11.5 Å². The van der Waals surface area contributed by atoms with Crippen LogP contribution in [0.2, 0.25) is 5.02 Å². The van der Waals surface area contributed by atoms with Crippen LogP contribution in [0, 0.1) is 5.92 Å². The molecular formula is C15H20ClNS. The summed E-state index contributed by atoms with van der Waals surface area (Å²) in [5.41, 5.74) is 1.41. The van der Waals surface area contributed by atoms with E-state index in [0.717, 1.165) is 10.9 Å². The van der Waals surface area contributed by atoms with Gasteiger partial charge in [0.05, 0.1) is 0 Å². The molecule has 1 heterocycles. The zero-order valence-corrected chi connectivity index (χ0v) is 12.1. The van der Waals surface area contributed by atoms with Crippen LogP contribution in [0.1, 0.15) is 37.3 Å².